The second kappa shape index (κ2) is 12.3. The van der Waals surface area contributed by atoms with Gasteiger partial charge in [-0.25, -0.2) is 4.99 Å². The van der Waals surface area contributed by atoms with Crippen LogP contribution in [0, 0.1) is 0 Å². The van der Waals surface area contributed by atoms with Gasteiger partial charge in [0.1, 0.15) is 6.54 Å². The van der Waals surface area contributed by atoms with E-state index in [9.17, 15) is 4.79 Å². The fourth-order valence-electron chi connectivity index (χ4n) is 1.77. The van der Waals surface area contributed by atoms with Crippen molar-refractivity contribution in [3.63, 3.8) is 0 Å². The van der Waals surface area contributed by atoms with Gasteiger partial charge < -0.3 is 15.5 Å². The van der Waals surface area contributed by atoms with Gasteiger partial charge in [0.2, 0.25) is 5.91 Å². The van der Waals surface area contributed by atoms with Gasteiger partial charge in [-0.3, -0.25) is 4.79 Å². The number of benzene rings is 1. The van der Waals surface area contributed by atoms with Crippen molar-refractivity contribution in [1.82, 2.24) is 15.5 Å². The van der Waals surface area contributed by atoms with Gasteiger partial charge >= 0.3 is 0 Å². The number of amides is 1. The van der Waals surface area contributed by atoms with Crippen molar-refractivity contribution in [3.8, 4) is 0 Å². The number of aliphatic imine (C=N–C) groups is 1. The number of halogens is 1. The summed E-state index contributed by atoms with van der Waals surface area (Å²) < 4.78 is 0. The molecule has 22 heavy (non-hydrogen) atoms. The fourth-order valence-corrected chi connectivity index (χ4v) is 1.77. The van der Waals surface area contributed by atoms with Crippen molar-refractivity contribution in [2.75, 3.05) is 33.7 Å². The molecular formula is C16H27IN4O. The molecule has 0 aliphatic carbocycles. The molecule has 2 N–H and O–H groups in total. The van der Waals surface area contributed by atoms with Crippen molar-refractivity contribution in [2.24, 2.45) is 4.99 Å². The first kappa shape index (κ1) is 20.7. The predicted molar refractivity (Wildman–Crippen MR) is 103 cm³/mol. The molecule has 0 radical (unpaired) electrons. The Hall–Kier alpha value is -1.31. The van der Waals surface area contributed by atoms with Crippen LogP contribution in [0.15, 0.2) is 35.3 Å². The molecule has 124 valence electrons. The Balaban J connectivity index is 0.00000441. The van der Waals surface area contributed by atoms with E-state index in [-0.39, 0.29) is 36.4 Å². The quantitative estimate of drug-likeness (QED) is 0.308. The van der Waals surface area contributed by atoms with Crippen LogP contribution in [0.25, 0.3) is 0 Å². The monoisotopic (exact) mass is 418 g/mol. The third kappa shape index (κ3) is 8.86. The van der Waals surface area contributed by atoms with E-state index in [1.54, 1.807) is 19.0 Å². The summed E-state index contributed by atoms with van der Waals surface area (Å²) in [5.74, 6) is 0.692. The third-order valence-electron chi connectivity index (χ3n) is 2.99. The van der Waals surface area contributed by atoms with Crippen molar-refractivity contribution in [2.45, 2.75) is 19.8 Å². The smallest absolute Gasteiger partial charge is 0.243 e. The first-order chi connectivity index (χ1) is 10.1. The first-order valence-electron chi connectivity index (χ1n) is 7.39. The maximum absolute atomic E-state index is 11.5. The van der Waals surface area contributed by atoms with E-state index in [1.165, 1.54) is 5.56 Å². The van der Waals surface area contributed by atoms with E-state index in [4.69, 9.17) is 0 Å². The lowest BCUT2D eigenvalue weighted by Crippen LogP contribution is -2.39. The summed E-state index contributed by atoms with van der Waals surface area (Å²) in [4.78, 5) is 17.4. The van der Waals surface area contributed by atoms with Crippen molar-refractivity contribution >= 4 is 35.8 Å². The van der Waals surface area contributed by atoms with Crippen LogP contribution in [0.3, 0.4) is 0 Å². The number of nitrogens with one attached hydrogen (secondary N) is 2. The summed E-state index contributed by atoms with van der Waals surface area (Å²) in [6.07, 6.45) is 2.06. The Labute approximate surface area is 150 Å². The van der Waals surface area contributed by atoms with Crippen LogP contribution in [-0.4, -0.2) is 50.5 Å². The Bertz CT molecular complexity index is 449. The maximum Gasteiger partial charge on any atom is 0.243 e. The molecule has 0 spiro atoms. The van der Waals surface area contributed by atoms with Crippen molar-refractivity contribution < 1.29 is 4.79 Å². The number of hydrogen-bond donors (Lipinski definition) is 2. The van der Waals surface area contributed by atoms with Gasteiger partial charge in [-0.2, -0.15) is 0 Å². The van der Waals surface area contributed by atoms with E-state index in [2.05, 4.69) is 39.9 Å². The lowest BCUT2D eigenvalue weighted by molar-refractivity contribution is -0.127. The molecule has 0 heterocycles. The molecule has 6 heteroatoms. The molecule has 0 saturated heterocycles. The summed E-state index contributed by atoms with van der Waals surface area (Å²) >= 11 is 0. The third-order valence-corrected chi connectivity index (χ3v) is 2.99. The van der Waals surface area contributed by atoms with Crippen LogP contribution in [0.5, 0.6) is 0 Å². The zero-order valence-electron chi connectivity index (χ0n) is 13.6. The SMILES string of the molecule is CCNC(=NCC(=O)N(C)C)NCCCc1ccccc1.I. The molecule has 0 unspecified atom stereocenters. The van der Waals surface area contributed by atoms with E-state index in [0.717, 1.165) is 25.9 Å². The van der Waals surface area contributed by atoms with Gasteiger partial charge in [-0.1, -0.05) is 30.3 Å². The lowest BCUT2D eigenvalue weighted by Gasteiger charge is -2.12. The molecule has 1 aromatic rings. The second-order valence-electron chi connectivity index (χ2n) is 5.00. The first-order valence-corrected chi connectivity index (χ1v) is 7.39. The van der Waals surface area contributed by atoms with E-state index in [1.807, 2.05) is 13.0 Å². The van der Waals surface area contributed by atoms with Crippen LogP contribution in [0.1, 0.15) is 18.9 Å². The minimum absolute atomic E-state index is 0. The molecule has 1 amide bonds. The number of nitrogens with zero attached hydrogens (tertiary/aromatic N) is 2. The van der Waals surface area contributed by atoms with Gasteiger partial charge in [-0.15, -0.1) is 24.0 Å². The normalized spacial score (nSPS) is 10.6. The number of carbonyl (C=O) groups excluding carboxylic acids is 1. The maximum atomic E-state index is 11.5. The van der Waals surface area contributed by atoms with Crippen molar-refractivity contribution in [3.05, 3.63) is 35.9 Å². The minimum atomic E-state index is -0.00325. The Morgan fingerprint density at radius 2 is 1.86 bits per heavy atom. The van der Waals surface area contributed by atoms with Gasteiger partial charge in [0, 0.05) is 27.2 Å². The molecule has 0 saturated carbocycles. The van der Waals surface area contributed by atoms with Gasteiger partial charge in [-0.05, 0) is 25.3 Å². The summed E-state index contributed by atoms with van der Waals surface area (Å²) in [6, 6.07) is 10.4. The van der Waals surface area contributed by atoms with E-state index < -0.39 is 0 Å². The molecule has 0 fully saturated rings. The highest BCUT2D eigenvalue weighted by Crippen LogP contribution is 2.01. The minimum Gasteiger partial charge on any atom is -0.357 e. The van der Waals surface area contributed by atoms with Crippen molar-refractivity contribution in [1.29, 1.82) is 0 Å². The number of carbonyl (C=O) groups is 1. The number of likely N-dealkylation sites (N-methyl/N-ethyl adjacent to an activating group) is 1. The number of hydrogen-bond acceptors (Lipinski definition) is 2. The van der Waals surface area contributed by atoms with Crippen LogP contribution in [-0.2, 0) is 11.2 Å². The zero-order chi connectivity index (χ0) is 15.5. The fraction of sp³-hybridized carbons (Fsp3) is 0.500. The highest BCUT2D eigenvalue weighted by molar-refractivity contribution is 14.0. The molecule has 5 nitrogen and oxygen atoms in total. The average molecular weight is 418 g/mol. The van der Waals surface area contributed by atoms with Crippen LogP contribution in [0.4, 0.5) is 0 Å². The number of aryl methyl sites for hydroxylation is 1. The molecule has 1 rings (SSSR count). The summed E-state index contributed by atoms with van der Waals surface area (Å²) in [7, 11) is 3.47. The largest absolute Gasteiger partial charge is 0.357 e. The Kier molecular flexibility index (Phi) is 11.5. The van der Waals surface area contributed by atoms with Crippen LogP contribution in [0.2, 0.25) is 0 Å². The average Bonchev–Trinajstić information content (AvgIpc) is 2.49. The molecule has 0 bridgehead atoms. The summed E-state index contributed by atoms with van der Waals surface area (Å²) in [5, 5.41) is 6.40. The summed E-state index contributed by atoms with van der Waals surface area (Å²) in [6.45, 7) is 3.79. The number of guanidine groups is 1. The molecule has 0 aliphatic heterocycles. The highest BCUT2D eigenvalue weighted by atomic mass is 127. The highest BCUT2D eigenvalue weighted by Gasteiger charge is 2.03. The van der Waals surface area contributed by atoms with E-state index in [0.29, 0.717) is 5.96 Å². The topological polar surface area (TPSA) is 56.7 Å². The number of rotatable bonds is 7. The van der Waals surface area contributed by atoms with Gasteiger partial charge in [0.05, 0.1) is 0 Å². The van der Waals surface area contributed by atoms with Crippen LogP contribution >= 0.6 is 24.0 Å². The summed E-state index contributed by atoms with van der Waals surface area (Å²) in [5.41, 5.74) is 1.34. The standard InChI is InChI=1S/C16H26N4O.HI/c1-4-17-16(19-13-15(21)20(2)3)18-12-8-11-14-9-6-5-7-10-14;/h5-7,9-10H,4,8,11-13H2,1-3H3,(H2,17,18,19);1H. The molecule has 1 aromatic carbocycles. The zero-order valence-corrected chi connectivity index (χ0v) is 16.0. The molecular weight excluding hydrogens is 391 g/mol. The molecule has 0 aromatic heterocycles. The second-order valence-corrected chi connectivity index (χ2v) is 5.00. The van der Waals surface area contributed by atoms with E-state index >= 15 is 0 Å². The molecule has 0 atom stereocenters. The molecule has 0 aliphatic rings. The Morgan fingerprint density at radius 1 is 1.18 bits per heavy atom. The lowest BCUT2D eigenvalue weighted by atomic mass is 10.1. The predicted octanol–water partition coefficient (Wildman–Crippen LogP) is 1.88. The van der Waals surface area contributed by atoms with Crippen LogP contribution < -0.4 is 10.6 Å². The van der Waals surface area contributed by atoms with Gasteiger partial charge in [0.15, 0.2) is 5.96 Å². The Morgan fingerprint density at radius 3 is 2.45 bits per heavy atom. The van der Waals surface area contributed by atoms with Gasteiger partial charge in [0.25, 0.3) is 0 Å².